The summed E-state index contributed by atoms with van der Waals surface area (Å²) in [7, 11) is 0. The van der Waals surface area contributed by atoms with Crippen LogP contribution >= 0.6 is 0 Å². The van der Waals surface area contributed by atoms with Crippen molar-refractivity contribution in [2.45, 2.75) is 25.4 Å². The number of nitrogens with zero attached hydrogens (tertiary/aromatic N) is 2. The second-order valence-corrected chi connectivity index (χ2v) is 7.67. The van der Waals surface area contributed by atoms with Crippen LogP contribution in [0.3, 0.4) is 0 Å². The summed E-state index contributed by atoms with van der Waals surface area (Å²) in [4.78, 5) is 19.1. The Morgan fingerprint density at radius 3 is 2.25 bits per heavy atom. The molecule has 170 valence electrons. The van der Waals surface area contributed by atoms with Gasteiger partial charge in [-0.25, -0.2) is 4.99 Å². The molecule has 0 aromatic heterocycles. The number of nitrogens with one attached hydrogen (secondary N) is 1. The Labute approximate surface area is 185 Å². The molecule has 3 rings (SSSR count). The Bertz CT molecular complexity index is 947. The van der Waals surface area contributed by atoms with Crippen LogP contribution in [0.15, 0.2) is 71.4 Å². The number of carbonyl (C=O) groups is 1. The number of alkyl halides is 3. The van der Waals surface area contributed by atoms with Crippen LogP contribution < -0.4 is 11.1 Å². The average molecular weight is 445 g/mol. The second kappa shape index (κ2) is 10.9. The molecule has 1 aliphatic heterocycles. The van der Waals surface area contributed by atoms with E-state index >= 15 is 0 Å². The van der Waals surface area contributed by atoms with E-state index in [2.05, 4.69) is 15.2 Å². The zero-order valence-corrected chi connectivity index (χ0v) is 17.7. The van der Waals surface area contributed by atoms with Crippen molar-refractivity contribution >= 4 is 17.3 Å². The molecule has 0 unspecified atom stereocenters. The molecular weight excluding hydrogens is 417 g/mol. The molecule has 0 saturated carbocycles. The van der Waals surface area contributed by atoms with Crippen molar-refractivity contribution < 1.29 is 18.0 Å². The molecular formula is C24H27F3N4O. The van der Waals surface area contributed by atoms with Gasteiger partial charge < -0.3 is 16.0 Å². The highest BCUT2D eigenvalue weighted by molar-refractivity contribution is 6.10. The summed E-state index contributed by atoms with van der Waals surface area (Å²) in [5.74, 6) is -0.222. The Balaban J connectivity index is 1.72. The number of para-hydroxylation sites is 1. The quantitative estimate of drug-likeness (QED) is 0.621. The predicted octanol–water partition coefficient (Wildman–Crippen LogP) is 4.43. The maximum Gasteiger partial charge on any atom is 0.430 e. The number of nitrogens with two attached hydrogens (primary N) is 1. The highest BCUT2D eigenvalue weighted by atomic mass is 19.4. The van der Waals surface area contributed by atoms with Gasteiger partial charge in [-0.3, -0.25) is 4.79 Å². The summed E-state index contributed by atoms with van der Waals surface area (Å²) >= 11 is 0. The predicted molar refractivity (Wildman–Crippen MR) is 120 cm³/mol. The van der Waals surface area contributed by atoms with Gasteiger partial charge in [-0.05, 0) is 56.3 Å². The monoisotopic (exact) mass is 444 g/mol. The van der Waals surface area contributed by atoms with Gasteiger partial charge in [0.15, 0.2) is 0 Å². The van der Waals surface area contributed by atoms with Crippen molar-refractivity contribution in [3.8, 4) is 0 Å². The lowest BCUT2D eigenvalue weighted by Crippen LogP contribution is -2.37. The first-order valence-electron chi connectivity index (χ1n) is 10.6. The Kier molecular flexibility index (Phi) is 8.05. The van der Waals surface area contributed by atoms with Crippen LogP contribution in [0.5, 0.6) is 0 Å². The van der Waals surface area contributed by atoms with Crippen molar-refractivity contribution in [2.24, 2.45) is 10.7 Å². The number of halogens is 3. The molecule has 1 heterocycles. The average Bonchev–Trinajstić information content (AvgIpc) is 2.79. The van der Waals surface area contributed by atoms with Crippen LogP contribution in [-0.2, 0) is 0 Å². The van der Waals surface area contributed by atoms with Crippen molar-refractivity contribution in [2.75, 3.05) is 26.2 Å². The van der Waals surface area contributed by atoms with Crippen LogP contribution in [-0.4, -0.2) is 48.9 Å². The first kappa shape index (κ1) is 23.5. The molecule has 1 fully saturated rings. The minimum absolute atomic E-state index is 0.0584. The first-order chi connectivity index (χ1) is 15.3. The first-order valence-corrected chi connectivity index (χ1v) is 10.6. The fourth-order valence-electron chi connectivity index (χ4n) is 3.46. The minimum atomic E-state index is -4.66. The van der Waals surface area contributed by atoms with Gasteiger partial charge in [0.25, 0.3) is 5.91 Å². The molecule has 1 saturated heterocycles. The molecule has 32 heavy (non-hydrogen) atoms. The number of amides is 1. The topological polar surface area (TPSA) is 70.7 Å². The standard InChI is InChI=1S/C24H27F3N4O/c25-24(26,27)22(28)17-21(30-20-7-3-1-4-8-20)18-9-11-19(12-10-18)23(32)29-13-16-31-14-5-2-6-15-31/h1,3-4,7-12,17H,2,5-6,13-16,28H2,(H,29,32)/b22-17-,30-21?. The van der Waals surface area contributed by atoms with Crippen molar-refractivity contribution in [1.82, 2.24) is 10.2 Å². The molecule has 0 atom stereocenters. The van der Waals surface area contributed by atoms with Crippen LogP contribution in [0.25, 0.3) is 0 Å². The van der Waals surface area contributed by atoms with Gasteiger partial charge in [-0.15, -0.1) is 0 Å². The highest BCUT2D eigenvalue weighted by Crippen LogP contribution is 2.23. The fourth-order valence-corrected chi connectivity index (χ4v) is 3.46. The number of piperidine rings is 1. The van der Waals surface area contributed by atoms with Crippen molar-refractivity contribution in [1.29, 1.82) is 0 Å². The minimum Gasteiger partial charge on any atom is -0.395 e. The third-order valence-corrected chi connectivity index (χ3v) is 5.23. The molecule has 2 aromatic rings. The number of hydrogen-bond acceptors (Lipinski definition) is 4. The van der Waals surface area contributed by atoms with Crippen molar-refractivity contribution in [3.63, 3.8) is 0 Å². The van der Waals surface area contributed by atoms with Crippen LogP contribution in [0.2, 0.25) is 0 Å². The molecule has 8 heteroatoms. The van der Waals surface area contributed by atoms with Gasteiger partial charge in [-0.2, -0.15) is 13.2 Å². The molecule has 0 spiro atoms. The fraction of sp³-hybridized carbons (Fsp3) is 0.333. The third-order valence-electron chi connectivity index (χ3n) is 5.23. The van der Waals surface area contributed by atoms with Gasteiger partial charge in [0.05, 0.1) is 11.4 Å². The second-order valence-electron chi connectivity index (χ2n) is 7.67. The number of hydrogen-bond donors (Lipinski definition) is 2. The highest BCUT2D eigenvalue weighted by Gasteiger charge is 2.31. The van der Waals surface area contributed by atoms with E-state index in [1.165, 1.54) is 19.3 Å². The SMILES string of the molecule is N/C(=C\C(=Nc1ccccc1)c1ccc(C(=O)NCCN2CCCCC2)cc1)C(F)(F)F. The molecule has 0 aliphatic carbocycles. The Morgan fingerprint density at radius 2 is 1.62 bits per heavy atom. The molecule has 1 amide bonds. The van der Waals surface area contributed by atoms with Gasteiger partial charge in [-0.1, -0.05) is 36.8 Å². The lowest BCUT2D eigenvalue weighted by molar-refractivity contribution is -0.0925. The van der Waals surface area contributed by atoms with E-state index in [0.29, 0.717) is 23.4 Å². The summed E-state index contributed by atoms with van der Waals surface area (Å²) in [5, 5.41) is 2.90. The number of likely N-dealkylation sites (tertiary alicyclic amines) is 1. The summed E-state index contributed by atoms with van der Waals surface area (Å²) in [5.41, 5.74) is 5.38. The zero-order chi connectivity index (χ0) is 23.0. The normalized spacial score (nSPS) is 16.1. The number of allylic oxidation sites excluding steroid dienone is 2. The number of carbonyl (C=O) groups excluding carboxylic acids is 1. The molecule has 0 bridgehead atoms. The van der Waals surface area contributed by atoms with E-state index < -0.39 is 11.9 Å². The van der Waals surface area contributed by atoms with Crippen molar-refractivity contribution in [3.05, 3.63) is 77.5 Å². The van der Waals surface area contributed by atoms with E-state index in [9.17, 15) is 18.0 Å². The third kappa shape index (κ3) is 6.95. The summed E-state index contributed by atoms with van der Waals surface area (Å²) in [6, 6.07) is 14.9. The van der Waals surface area contributed by atoms with E-state index in [1.54, 1.807) is 54.6 Å². The van der Waals surface area contributed by atoms with Crippen LogP contribution in [0, 0.1) is 0 Å². The van der Waals surface area contributed by atoms with E-state index in [-0.39, 0.29) is 11.6 Å². The van der Waals surface area contributed by atoms with E-state index in [0.717, 1.165) is 25.7 Å². The number of rotatable bonds is 7. The summed E-state index contributed by atoms with van der Waals surface area (Å²) in [6.45, 7) is 3.47. The number of benzene rings is 2. The molecule has 3 N–H and O–H groups in total. The smallest absolute Gasteiger partial charge is 0.395 e. The van der Waals surface area contributed by atoms with E-state index in [1.807, 2.05) is 0 Å². The molecule has 0 radical (unpaired) electrons. The molecule has 1 aliphatic rings. The Hall–Kier alpha value is -3.13. The summed E-state index contributed by atoms with van der Waals surface area (Å²) < 4.78 is 38.9. The van der Waals surface area contributed by atoms with Gasteiger partial charge in [0.1, 0.15) is 5.70 Å². The zero-order valence-electron chi connectivity index (χ0n) is 17.7. The molecule has 5 nitrogen and oxygen atoms in total. The maximum atomic E-state index is 13.0. The lowest BCUT2D eigenvalue weighted by Gasteiger charge is -2.26. The van der Waals surface area contributed by atoms with Gasteiger partial charge in [0.2, 0.25) is 0 Å². The largest absolute Gasteiger partial charge is 0.430 e. The maximum absolute atomic E-state index is 13.0. The van der Waals surface area contributed by atoms with Crippen LogP contribution in [0.1, 0.15) is 35.2 Å². The van der Waals surface area contributed by atoms with Gasteiger partial charge >= 0.3 is 6.18 Å². The number of aliphatic imine (C=N–C) groups is 1. The van der Waals surface area contributed by atoms with Crippen LogP contribution in [0.4, 0.5) is 18.9 Å². The van der Waals surface area contributed by atoms with E-state index in [4.69, 9.17) is 5.73 Å². The van der Waals surface area contributed by atoms with Gasteiger partial charge in [0, 0.05) is 24.2 Å². The summed E-state index contributed by atoms with van der Waals surface area (Å²) in [6.07, 6.45) is -0.216. The lowest BCUT2D eigenvalue weighted by atomic mass is 10.1. The molecule has 2 aromatic carbocycles. The Morgan fingerprint density at radius 1 is 1.00 bits per heavy atom.